The van der Waals surface area contributed by atoms with Gasteiger partial charge in [-0.05, 0) is 30.2 Å². The van der Waals surface area contributed by atoms with Gasteiger partial charge in [0.2, 0.25) is 21.9 Å². The van der Waals surface area contributed by atoms with E-state index in [1.54, 1.807) is 0 Å². The summed E-state index contributed by atoms with van der Waals surface area (Å²) < 4.78 is 38.6. The Morgan fingerprint density at radius 2 is 1.74 bits per heavy atom. The lowest BCUT2D eigenvalue weighted by Gasteiger charge is -2.20. The Labute approximate surface area is 220 Å². The fourth-order valence-electron chi connectivity index (χ4n) is 3.05. The van der Waals surface area contributed by atoms with Crippen LogP contribution < -0.4 is 21.6 Å². The molecular weight excluding hydrogens is 521 g/mol. The minimum absolute atomic E-state index is 0.0601. The zero-order valence-corrected chi connectivity index (χ0v) is 22.3. The summed E-state index contributed by atoms with van der Waals surface area (Å²) in [5.74, 6) is 2.55. The van der Waals surface area contributed by atoms with Crippen molar-refractivity contribution in [2.45, 2.75) is 44.8 Å². The van der Waals surface area contributed by atoms with Gasteiger partial charge in [-0.3, -0.25) is 4.79 Å². The number of guanidine groups is 1. The highest BCUT2D eigenvalue weighted by atomic mass is 32.2. The molecule has 0 spiro atoms. The van der Waals surface area contributed by atoms with Crippen molar-refractivity contribution in [2.24, 2.45) is 22.4 Å². The number of sulfonamides is 1. The van der Waals surface area contributed by atoms with E-state index < -0.39 is 40.4 Å². The summed E-state index contributed by atoms with van der Waals surface area (Å²) in [5.41, 5.74) is 11.2. The fourth-order valence-corrected chi connectivity index (χ4v) is 3.42. The first-order valence-corrected chi connectivity index (χ1v) is 13.1. The Morgan fingerprint density at radius 1 is 1.18 bits per heavy atom. The van der Waals surface area contributed by atoms with E-state index in [1.807, 2.05) is 13.8 Å². The van der Waals surface area contributed by atoms with E-state index >= 15 is 0 Å². The maximum atomic E-state index is 13.5. The average molecular weight is 556 g/mol. The second kappa shape index (κ2) is 14.2. The SMILES string of the molecule is CC(C)c1nc(N(C)S(C)(=O)=O)nc(-c2ccc(F)cc2)c1/C=C/[C@@H](O)C[C@@H](O)CC(=O)O.NN=C(N)N. The average Bonchev–Trinajstić information content (AvgIpc) is 2.81. The molecule has 0 fully saturated rings. The number of nitrogens with two attached hydrogens (primary N) is 3. The third-order valence-electron chi connectivity index (χ3n) is 4.96. The molecule has 0 aliphatic carbocycles. The summed E-state index contributed by atoms with van der Waals surface area (Å²) in [5, 5.41) is 31.6. The van der Waals surface area contributed by atoms with Crippen molar-refractivity contribution >= 4 is 34.0 Å². The molecule has 0 radical (unpaired) electrons. The predicted molar refractivity (Wildman–Crippen MR) is 143 cm³/mol. The van der Waals surface area contributed by atoms with E-state index in [4.69, 9.17) is 16.6 Å². The first kappa shape index (κ1) is 32.2. The molecule has 1 aromatic carbocycles. The summed E-state index contributed by atoms with van der Waals surface area (Å²) in [6, 6.07) is 5.49. The summed E-state index contributed by atoms with van der Waals surface area (Å²) in [7, 11) is -2.33. The second-order valence-electron chi connectivity index (χ2n) is 8.53. The van der Waals surface area contributed by atoms with Crippen molar-refractivity contribution < 1.29 is 32.9 Å². The molecule has 0 aliphatic rings. The Bertz CT molecular complexity index is 1250. The van der Waals surface area contributed by atoms with Crippen LogP contribution in [-0.4, -0.2) is 71.1 Å². The van der Waals surface area contributed by atoms with Gasteiger partial charge < -0.3 is 32.6 Å². The topological polar surface area (TPSA) is 231 Å². The second-order valence-corrected chi connectivity index (χ2v) is 10.5. The van der Waals surface area contributed by atoms with E-state index in [1.165, 1.54) is 43.5 Å². The standard InChI is InChI=1S/C22H28FN3O6S.CH6N4/c1-13(2)20-18(10-9-16(27)11-17(28)12-19(29)30)21(14-5-7-15(23)8-6-14)25-22(24-20)26(3)33(4,31)32;2-1(3)5-4/h5-10,13,16-17,27-28H,11-12H2,1-4H3,(H,29,30);4H2,(H4,2,3,5)/b10-9+;/t16-,17-;/m1./s1. The summed E-state index contributed by atoms with van der Waals surface area (Å²) in [6.45, 7) is 3.71. The molecule has 9 N–H and O–H groups in total. The number of carbonyl (C=O) groups is 1. The van der Waals surface area contributed by atoms with Crippen LogP contribution in [0.15, 0.2) is 35.4 Å². The number of halogens is 1. The van der Waals surface area contributed by atoms with Crippen molar-refractivity contribution in [3.8, 4) is 11.3 Å². The molecule has 210 valence electrons. The summed E-state index contributed by atoms with van der Waals surface area (Å²) >= 11 is 0. The third-order valence-corrected chi connectivity index (χ3v) is 6.12. The lowest BCUT2D eigenvalue weighted by molar-refractivity contribution is -0.139. The highest BCUT2D eigenvalue weighted by molar-refractivity contribution is 7.92. The van der Waals surface area contributed by atoms with Crippen LogP contribution in [0.25, 0.3) is 17.3 Å². The van der Waals surface area contributed by atoms with Crippen molar-refractivity contribution in [2.75, 3.05) is 17.6 Å². The molecule has 13 nitrogen and oxygen atoms in total. The smallest absolute Gasteiger partial charge is 0.305 e. The maximum Gasteiger partial charge on any atom is 0.305 e. The number of rotatable bonds is 10. The molecule has 0 aliphatic heterocycles. The monoisotopic (exact) mass is 555 g/mol. The number of hydrogen-bond acceptors (Lipinski definition) is 9. The first-order valence-electron chi connectivity index (χ1n) is 11.2. The van der Waals surface area contributed by atoms with Gasteiger partial charge in [0, 0.05) is 24.6 Å². The van der Waals surface area contributed by atoms with Crippen molar-refractivity contribution in [1.29, 1.82) is 0 Å². The molecule has 2 atom stereocenters. The molecule has 0 amide bonds. The quantitative estimate of drug-likeness (QED) is 0.102. The zero-order chi connectivity index (χ0) is 29.2. The molecule has 15 heteroatoms. The lowest BCUT2D eigenvalue weighted by Crippen LogP contribution is -2.27. The van der Waals surface area contributed by atoms with Gasteiger partial charge in [0.15, 0.2) is 0 Å². The van der Waals surface area contributed by atoms with Crippen LogP contribution in [0, 0.1) is 5.82 Å². The van der Waals surface area contributed by atoms with E-state index in [-0.39, 0.29) is 24.2 Å². The third kappa shape index (κ3) is 10.3. The van der Waals surface area contributed by atoms with Crippen LogP contribution in [0.1, 0.15) is 43.9 Å². The van der Waals surface area contributed by atoms with Gasteiger partial charge in [-0.1, -0.05) is 26.0 Å². The predicted octanol–water partition coefficient (Wildman–Crippen LogP) is 0.535. The van der Waals surface area contributed by atoms with Crippen LogP contribution in [0.3, 0.4) is 0 Å². The van der Waals surface area contributed by atoms with E-state index in [0.717, 1.165) is 10.6 Å². The van der Waals surface area contributed by atoms with E-state index in [2.05, 4.69) is 20.9 Å². The van der Waals surface area contributed by atoms with Gasteiger partial charge in [0.05, 0.1) is 36.3 Å². The minimum atomic E-state index is -3.65. The van der Waals surface area contributed by atoms with Gasteiger partial charge in [0.25, 0.3) is 0 Å². The molecule has 0 bridgehead atoms. The molecule has 2 rings (SSSR count). The Kier molecular flexibility index (Phi) is 12.0. The van der Waals surface area contributed by atoms with E-state index in [9.17, 15) is 27.8 Å². The highest BCUT2D eigenvalue weighted by Crippen LogP contribution is 2.31. The zero-order valence-electron chi connectivity index (χ0n) is 21.5. The number of hydrazone groups is 1. The summed E-state index contributed by atoms with van der Waals surface area (Å²) in [4.78, 5) is 19.6. The molecule has 0 saturated carbocycles. The van der Waals surface area contributed by atoms with Crippen molar-refractivity contribution in [3.63, 3.8) is 0 Å². The lowest BCUT2D eigenvalue weighted by atomic mass is 9.97. The number of aliphatic hydroxyl groups is 2. The molecule has 0 saturated heterocycles. The Balaban J connectivity index is 0.00000132. The van der Waals surface area contributed by atoms with Gasteiger partial charge >= 0.3 is 5.97 Å². The summed E-state index contributed by atoms with van der Waals surface area (Å²) in [6.07, 6.45) is 0.860. The van der Waals surface area contributed by atoms with Crippen LogP contribution in [0.4, 0.5) is 10.3 Å². The van der Waals surface area contributed by atoms with Gasteiger partial charge in [-0.25, -0.2) is 27.1 Å². The molecule has 1 heterocycles. The normalized spacial score (nSPS) is 12.9. The fraction of sp³-hybridized carbons (Fsp3) is 0.391. The molecule has 1 aromatic heterocycles. The maximum absolute atomic E-state index is 13.5. The van der Waals surface area contributed by atoms with Crippen LogP contribution in [-0.2, 0) is 14.8 Å². The molecular formula is C23H34FN7O6S. The van der Waals surface area contributed by atoms with Gasteiger partial charge in [0.1, 0.15) is 5.82 Å². The Morgan fingerprint density at radius 3 is 2.18 bits per heavy atom. The number of aromatic nitrogens is 2. The van der Waals surface area contributed by atoms with Crippen LogP contribution >= 0.6 is 0 Å². The van der Waals surface area contributed by atoms with Gasteiger partial charge in [-0.15, -0.1) is 5.10 Å². The number of anilines is 1. The van der Waals surface area contributed by atoms with E-state index in [0.29, 0.717) is 22.5 Å². The number of carboxylic acids is 1. The minimum Gasteiger partial charge on any atom is -0.481 e. The molecule has 2 aromatic rings. The van der Waals surface area contributed by atoms with Crippen molar-refractivity contribution in [3.05, 3.63) is 47.4 Å². The van der Waals surface area contributed by atoms with Crippen LogP contribution in [0.5, 0.6) is 0 Å². The number of aliphatic hydroxyl groups excluding tert-OH is 2. The number of benzene rings is 1. The highest BCUT2D eigenvalue weighted by Gasteiger charge is 2.22. The van der Waals surface area contributed by atoms with Gasteiger partial charge in [-0.2, -0.15) is 0 Å². The van der Waals surface area contributed by atoms with Crippen molar-refractivity contribution in [1.82, 2.24) is 9.97 Å². The number of hydrogen-bond donors (Lipinski definition) is 6. The number of nitrogens with zero attached hydrogens (tertiary/aromatic N) is 4. The number of carboxylic acid groups (broad SMARTS) is 1. The number of aliphatic carboxylic acids is 1. The molecule has 0 unspecified atom stereocenters. The molecule has 38 heavy (non-hydrogen) atoms. The first-order chi connectivity index (χ1) is 17.6. The largest absolute Gasteiger partial charge is 0.481 e. The Hall–Kier alpha value is -3.82. The van der Waals surface area contributed by atoms with Crippen LogP contribution in [0.2, 0.25) is 0 Å².